The molecule has 0 aliphatic carbocycles. The SMILES string of the molecule is Cc1cccc(C(=O)N2CCN(c3cc(C(C)(C)C)cc(C(C)(C)C)c3)CC2)n1. The van der Waals surface area contributed by atoms with Crippen molar-refractivity contribution in [3.63, 3.8) is 0 Å². The number of aromatic nitrogens is 1. The van der Waals surface area contributed by atoms with Crippen LogP contribution in [0.25, 0.3) is 0 Å². The first kappa shape index (κ1) is 21.4. The molecule has 2 heterocycles. The van der Waals surface area contributed by atoms with E-state index in [2.05, 4.69) is 69.6 Å². The van der Waals surface area contributed by atoms with E-state index in [1.165, 1.54) is 16.8 Å². The fourth-order valence-electron chi connectivity index (χ4n) is 3.65. The monoisotopic (exact) mass is 393 g/mol. The first-order chi connectivity index (χ1) is 13.4. The summed E-state index contributed by atoms with van der Waals surface area (Å²) in [5, 5.41) is 0. The zero-order valence-electron chi connectivity index (χ0n) is 19.0. The van der Waals surface area contributed by atoms with Gasteiger partial charge in [-0.25, -0.2) is 4.98 Å². The first-order valence-corrected chi connectivity index (χ1v) is 10.6. The van der Waals surface area contributed by atoms with Gasteiger partial charge in [-0.2, -0.15) is 0 Å². The Morgan fingerprint density at radius 2 is 1.41 bits per heavy atom. The van der Waals surface area contributed by atoms with Gasteiger partial charge in [-0.05, 0) is 53.1 Å². The minimum absolute atomic E-state index is 0.0344. The van der Waals surface area contributed by atoms with Crippen LogP contribution in [-0.4, -0.2) is 42.0 Å². The van der Waals surface area contributed by atoms with E-state index in [0.29, 0.717) is 5.69 Å². The third-order valence-corrected chi connectivity index (χ3v) is 5.69. The lowest BCUT2D eigenvalue weighted by atomic mass is 9.80. The number of anilines is 1. The molecule has 1 fully saturated rings. The molecular weight excluding hydrogens is 358 g/mol. The Balaban J connectivity index is 1.79. The molecule has 0 spiro atoms. The van der Waals surface area contributed by atoms with Crippen molar-refractivity contribution in [3.05, 3.63) is 58.9 Å². The van der Waals surface area contributed by atoms with Gasteiger partial charge in [-0.3, -0.25) is 4.79 Å². The molecule has 2 aromatic rings. The van der Waals surface area contributed by atoms with E-state index >= 15 is 0 Å². The summed E-state index contributed by atoms with van der Waals surface area (Å²) in [5.74, 6) is 0.0344. The van der Waals surface area contributed by atoms with Gasteiger partial charge >= 0.3 is 0 Å². The normalized spacial score (nSPS) is 15.6. The quantitative estimate of drug-likeness (QED) is 0.724. The van der Waals surface area contributed by atoms with E-state index in [0.717, 1.165) is 31.9 Å². The highest BCUT2D eigenvalue weighted by Crippen LogP contribution is 2.33. The summed E-state index contributed by atoms with van der Waals surface area (Å²) in [5.41, 5.74) is 5.62. The minimum atomic E-state index is 0.0344. The predicted octanol–water partition coefficient (Wildman–Crippen LogP) is 4.95. The van der Waals surface area contributed by atoms with Crippen LogP contribution in [0.4, 0.5) is 5.69 Å². The maximum Gasteiger partial charge on any atom is 0.272 e. The Kier molecular flexibility index (Phi) is 5.75. The van der Waals surface area contributed by atoms with Gasteiger partial charge in [0.25, 0.3) is 5.91 Å². The third kappa shape index (κ3) is 4.98. The van der Waals surface area contributed by atoms with Crippen molar-refractivity contribution >= 4 is 11.6 Å². The number of nitrogens with zero attached hydrogens (tertiary/aromatic N) is 3. The second-order valence-electron chi connectivity index (χ2n) is 10.2. The number of amides is 1. The molecule has 1 aliphatic rings. The number of carbonyl (C=O) groups is 1. The number of pyridine rings is 1. The third-order valence-electron chi connectivity index (χ3n) is 5.69. The highest BCUT2D eigenvalue weighted by molar-refractivity contribution is 5.92. The van der Waals surface area contributed by atoms with Gasteiger partial charge in [0.05, 0.1) is 0 Å². The fourth-order valence-corrected chi connectivity index (χ4v) is 3.65. The average Bonchev–Trinajstić information content (AvgIpc) is 2.66. The van der Waals surface area contributed by atoms with Crippen LogP contribution in [0.3, 0.4) is 0 Å². The van der Waals surface area contributed by atoms with Gasteiger partial charge in [0.2, 0.25) is 0 Å². The average molecular weight is 394 g/mol. The van der Waals surface area contributed by atoms with Gasteiger partial charge in [0.15, 0.2) is 0 Å². The summed E-state index contributed by atoms with van der Waals surface area (Å²) in [4.78, 5) is 21.6. The van der Waals surface area contributed by atoms with Crippen LogP contribution in [0.1, 0.15) is 68.9 Å². The molecule has 0 bridgehead atoms. The maximum atomic E-state index is 12.8. The van der Waals surface area contributed by atoms with Crippen LogP contribution in [0, 0.1) is 6.92 Å². The van der Waals surface area contributed by atoms with E-state index in [-0.39, 0.29) is 16.7 Å². The molecule has 0 unspecified atom stereocenters. The molecule has 3 rings (SSSR count). The fraction of sp³-hybridized carbons (Fsp3) is 0.520. The molecule has 156 valence electrons. The van der Waals surface area contributed by atoms with Gasteiger partial charge in [-0.1, -0.05) is 53.7 Å². The summed E-state index contributed by atoms with van der Waals surface area (Å²) in [6.07, 6.45) is 0. The highest BCUT2D eigenvalue weighted by Gasteiger charge is 2.26. The summed E-state index contributed by atoms with van der Waals surface area (Å²) >= 11 is 0. The van der Waals surface area contributed by atoms with Crippen molar-refractivity contribution in [2.24, 2.45) is 0 Å². The van der Waals surface area contributed by atoms with Crippen molar-refractivity contribution in [1.29, 1.82) is 0 Å². The first-order valence-electron chi connectivity index (χ1n) is 10.6. The van der Waals surface area contributed by atoms with Gasteiger partial charge in [0.1, 0.15) is 5.69 Å². The number of rotatable bonds is 2. The Morgan fingerprint density at radius 1 is 0.862 bits per heavy atom. The highest BCUT2D eigenvalue weighted by atomic mass is 16.2. The molecule has 4 heteroatoms. The topological polar surface area (TPSA) is 36.4 Å². The van der Waals surface area contributed by atoms with Crippen molar-refractivity contribution in [2.45, 2.75) is 59.3 Å². The van der Waals surface area contributed by atoms with Crippen molar-refractivity contribution in [3.8, 4) is 0 Å². The zero-order valence-corrected chi connectivity index (χ0v) is 19.0. The van der Waals surface area contributed by atoms with Gasteiger partial charge < -0.3 is 9.80 Å². The van der Waals surface area contributed by atoms with Crippen LogP contribution >= 0.6 is 0 Å². The lowest BCUT2D eigenvalue weighted by Gasteiger charge is -2.37. The van der Waals surface area contributed by atoms with Crippen LogP contribution < -0.4 is 4.90 Å². The Morgan fingerprint density at radius 3 is 1.90 bits per heavy atom. The van der Waals surface area contributed by atoms with Gasteiger partial charge in [-0.15, -0.1) is 0 Å². The summed E-state index contributed by atoms with van der Waals surface area (Å²) in [7, 11) is 0. The Bertz CT molecular complexity index is 849. The van der Waals surface area contributed by atoms with E-state index in [9.17, 15) is 4.79 Å². The number of piperazine rings is 1. The van der Waals surface area contributed by atoms with Crippen LogP contribution in [0.5, 0.6) is 0 Å². The van der Waals surface area contributed by atoms with Crippen molar-refractivity contribution in [2.75, 3.05) is 31.1 Å². The molecule has 1 aromatic carbocycles. The summed E-state index contributed by atoms with van der Waals surface area (Å²) in [6, 6.07) is 12.6. The number of hydrogen-bond acceptors (Lipinski definition) is 3. The number of benzene rings is 1. The molecule has 1 saturated heterocycles. The zero-order chi connectivity index (χ0) is 21.4. The Labute approximate surface area is 175 Å². The smallest absolute Gasteiger partial charge is 0.272 e. The largest absolute Gasteiger partial charge is 0.368 e. The molecule has 1 aromatic heterocycles. The molecule has 0 radical (unpaired) electrons. The van der Waals surface area contributed by atoms with Crippen LogP contribution in [0.15, 0.2) is 36.4 Å². The second kappa shape index (κ2) is 7.81. The predicted molar refractivity (Wildman–Crippen MR) is 121 cm³/mol. The van der Waals surface area contributed by atoms with Crippen LogP contribution in [0.2, 0.25) is 0 Å². The summed E-state index contributed by atoms with van der Waals surface area (Å²) in [6.45, 7) is 18.7. The molecule has 0 saturated carbocycles. The number of hydrogen-bond donors (Lipinski definition) is 0. The number of aryl methyl sites for hydroxylation is 1. The van der Waals surface area contributed by atoms with Crippen molar-refractivity contribution < 1.29 is 4.79 Å². The molecule has 1 aliphatic heterocycles. The van der Waals surface area contributed by atoms with E-state index in [1.807, 2.05) is 30.0 Å². The standard InChI is InChI=1S/C25H35N3O/c1-18-9-8-10-22(26-18)23(29)28-13-11-27(12-14-28)21-16-19(24(2,3)4)15-20(17-21)25(5,6)7/h8-10,15-17H,11-14H2,1-7H3. The van der Waals surface area contributed by atoms with Gasteiger partial charge in [0, 0.05) is 37.6 Å². The lowest BCUT2D eigenvalue weighted by molar-refractivity contribution is 0.0740. The second-order valence-corrected chi connectivity index (χ2v) is 10.2. The molecular formula is C25H35N3O. The molecule has 0 atom stereocenters. The molecule has 4 nitrogen and oxygen atoms in total. The maximum absolute atomic E-state index is 12.8. The molecule has 0 N–H and O–H groups in total. The summed E-state index contributed by atoms with van der Waals surface area (Å²) < 4.78 is 0. The van der Waals surface area contributed by atoms with Crippen molar-refractivity contribution in [1.82, 2.24) is 9.88 Å². The lowest BCUT2D eigenvalue weighted by Crippen LogP contribution is -2.49. The van der Waals surface area contributed by atoms with E-state index in [4.69, 9.17) is 0 Å². The van der Waals surface area contributed by atoms with E-state index < -0.39 is 0 Å². The number of carbonyl (C=O) groups excluding carboxylic acids is 1. The van der Waals surface area contributed by atoms with E-state index in [1.54, 1.807) is 0 Å². The Hall–Kier alpha value is -2.36. The van der Waals surface area contributed by atoms with Crippen LogP contribution in [-0.2, 0) is 10.8 Å². The molecule has 1 amide bonds. The minimum Gasteiger partial charge on any atom is -0.368 e. The molecule has 29 heavy (non-hydrogen) atoms.